The van der Waals surface area contributed by atoms with Gasteiger partial charge in [-0.25, -0.2) is 4.79 Å². The predicted octanol–water partition coefficient (Wildman–Crippen LogP) is 4.31. The Hall–Kier alpha value is -2.26. The lowest BCUT2D eigenvalue weighted by Gasteiger charge is -2.49. The Kier molecular flexibility index (Phi) is 6.33. The van der Waals surface area contributed by atoms with Crippen LogP contribution >= 0.6 is 11.6 Å². The Morgan fingerprint density at radius 1 is 1.37 bits per heavy atom. The van der Waals surface area contributed by atoms with E-state index in [0.717, 1.165) is 31.3 Å². The molecule has 0 radical (unpaired) electrons. The molecule has 2 aromatic rings. The summed E-state index contributed by atoms with van der Waals surface area (Å²) in [4.78, 5) is 23.8. The van der Waals surface area contributed by atoms with E-state index < -0.39 is 12.1 Å². The molecule has 4 rings (SSSR count). The van der Waals surface area contributed by atoms with Gasteiger partial charge in [0.1, 0.15) is 0 Å². The van der Waals surface area contributed by atoms with Gasteiger partial charge in [-0.05, 0) is 43.9 Å². The van der Waals surface area contributed by atoms with Crippen molar-refractivity contribution in [3.63, 3.8) is 0 Å². The third-order valence-corrected chi connectivity index (χ3v) is 6.01. The Balaban J connectivity index is 0.000000318. The summed E-state index contributed by atoms with van der Waals surface area (Å²) in [6.45, 7) is 2.20. The molecule has 1 saturated heterocycles. The van der Waals surface area contributed by atoms with E-state index in [9.17, 15) is 18.0 Å². The molecular weight excluding hydrogens is 425 g/mol. The Morgan fingerprint density at radius 2 is 2.07 bits per heavy atom. The molecule has 1 aliphatic heterocycles. The first-order chi connectivity index (χ1) is 14.0. The molecule has 1 saturated carbocycles. The standard InChI is InChI=1S/C18H21ClN2O2.C2HF3O2/c19-14-5-1-4-13-7-15(23-16(13)14)17(22)21-9-12-3-2-6-18(8-12,10-20)11-21;3-2(4,5)1(6)7/h1,4-5,7,12H,2-3,6,8-11,20H2;(H,6,7). The summed E-state index contributed by atoms with van der Waals surface area (Å²) in [5.41, 5.74) is 6.73. The fourth-order valence-electron chi connectivity index (χ4n) is 4.36. The second-order valence-corrected chi connectivity index (χ2v) is 8.33. The number of carboxylic acid groups (broad SMARTS) is 1. The molecule has 2 unspecified atom stereocenters. The first-order valence-electron chi connectivity index (χ1n) is 9.52. The van der Waals surface area contributed by atoms with Crippen molar-refractivity contribution in [1.29, 1.82) is 0 Å². The van der Waals surface area contributed by atoms with Crippen molar-refractivity contribution in [3.05, 3.63) is 35.0 Å². The molecule has 10 heteroatoms. The van der Waals surface area contributed by atoms with Crippen molar-refractivity contribution in [2.24, 2.45) is 17.1 Å². The average Bonchev–Trinajstić information content (AvgIpc) is 3.12. The lowest BCUT2D eigenvalue weighted by molar-refractivity contribution is -0.192. The predicted molar refractivity (Wildman–Crippen MR) is 104 cm³/mol. The number of amides is 1. The SMILES string of the molecule is NCC12CCCC(CN(C(=O)c3cc4cccc(Cl)c4o3)C1)C2.O=C(O)C(F)(F)F. The van der Waals surface area contributed by atoms with Crippen LogP contribution in [0.2, 0.25) is 5.02 Å². The van der Waals surface area contributed by atoms with Crippen LogP contribution in [0.1, 0.15) is 36.2 Å². The second kappa shape index (κ2) is 8.47. The van der Waals surface area contributed by atoms with Crippen LogP contribution in [0, 0.1) is 11.3 Å². The minimum absolute atomic E-state index is 0.0401. The summed E-state index contributed by atoms with van der Waals surface area (Å²) < 4.78 is 37.5. The number of alkyl halides is 3. The van der Waals surface area contributed by atoms with Gasteiger partial charge >= 0.3 is 12.1 Å². The van der Waals surface area contributed by atoms with Crippen LogP contribution in [0.4, 0.5) is 13.2 Å². The molecule has 1 amide bonds. The molecular formula is C20H22ClF3N2O4. The molecule has 3 N–H and O–H groups in total. The number of carboxylic acids is 1. The zero-order valence-electron chi connectivity index (χ0n) is 16.0. The van der Waals surface area contributed by atoms with E-state index in [1.807, 2.05) is 17.0 Å². The fourth-order valence-corrected chi connectivity index (χ4v) is 4.58. The minimum atomic E-state index is -5.08. The van der Waals surface area contributed by atoms with Crippen molar-refractivity contribution >= 4 is 34.4 Å². The van der Waals surface area contributed by atoms with Crippen LogP contribution in [-0.4, -0.2) is 47.7 Å². The second-order valence-electron chi connectivity index (χ2n) is 7.92. The number of furan rings is 1. The van der Waals surface area contributed by atoms with Crippen LogP contribution < -0.4 is 5.73 Å². The zero-order valence-corrected chi connectivity index (χ0v) is 16.8. The maximum atomic E-state index is 12.9. The topological polar surface area (TPSA) is 96.8 Å². The van der Waals surface area contributed by atoms with E-state index in [-0.39, 0.29) is 11.3 Å². The van der Waals surface area contributed by atoms with E-state index in [4.69, 9.17) is 31.7 Å². The number of nitrogens with two attached hydrogens (primary N) is 1. The number of benzene rings is 1. The van der Waals surface area contributed by atoms with Crippen molar-refractivity contribution < 1.29 is 32.3 Å². The molecule has 2 bridgehead atoms. The highest BCUT2D eigenvalue weighted by Gasteiger charge is 2.43. The number of nitrogens with zero attached hydrogens (tertiary/aromatic N) is 1. The van der Waals surface area contributed by atoms with Crippen molar-refractivity contribution in [2.45, 2.75) is 31.9 Å². The van der Waals surface area contributed by atoms with Crippen LogP contribution in [-0.2, 0) is 4.79 Å². The maximum Gasteiger partial charge on any atom is 0.490 e. The zero-order chi connectivity index (χ0) is 22.1. The summed E-state index contributed by atoms with van der Waals surface area (Å²) in [6.07, 6.45) is -0.392. The average molecular weight is 447 g/mol. The van der Waals surface area contributed by atoms with Crippen LogP contribution in [0.15, 0.2) is 28.7 Å². The number of halogens is 4. The lowest BCUT2D eigenvalue weighted by Crippen LogP contribution is -2.54. The number of hydrogen-bond acceptors (Lipinski definition) is 4. The van der Waals surface area contributed by atoms with Crippen molar-refractivity contribution in [2.75, 3.05) is 19.6 Å². The molecule has 30 heavy (non-hydrogen) atoms. The molecule has 1 aliphatic carbocycles. The highest BCUT2D eigenvalue weighted by molar-refractivity contribution is 6.34. The number of para-hydroxylation sites is 1. The third kappa shape index (κ3) is 4.73. The molecule has 0 spiro atoms. The summed E-state index contributed by atoms with van der Waals surface area (Å²) in [6, 6.07) is 7.34. The van der Waals surface area contributed by atoms with Gasteiger partial charge in [0.05, 0.1) is 5.02 Å². The van der Waals surface area contributed by atoms with Crippen LogP contribution in [0.5, 0.6) is 0 Å². The number of aliphatic carboxylic acids is 1. The Morgan fingerprint density at radius 3 is 2.67 bits per heavy atom. The summed E-state index contributed by atoms with van der Waals surface area (Å²) in [7, 11) is 0. The number of rotatable bonds is 2. The fraction of sp³-hybridized carbons (Fsp3) is 0.500. The third-order valence-electron chi connectivity index (χ3n) is 5.72. The number of fused-ring (bicyclic) bond motifs is 3. The van der Waals surface area contributed by atoms with Crippen molar-refractivity contribution in [3.8, 4) is 0 Å². The monoisotopic (exact) mass is 446 g/mol. The molecule has 2 heterocycles. The molecule has 1 aromatic heterocycles. The van der Waals surface area contributed by atoms with E-state index >= 15 is 0 Å². The maximum absolute atomic E-state index is 12.9. The Labute approximate surface area is 175 Å². The van der Waals surface area contributed by atoms with Gasteiger partial charge in [-0.15, -0.1) is 0 Å². The lowest BCUT2D eigenvalue weighted by atomic mass is 9.66. The number of carbonyl (C=O) groups excluding carboxylic acids is 1. The van der Waals surface area contributed by atoms with Gasteiger partial charge in [0.2, 0.25) is 0 Å². The molecule has 6 nitrogen and oxygen atoms in total. The van der Waals surface area contributed by atoms with Gasteiger partial charge in [0, 0.05) is 23.9 Å². The minimum Gasteiger partial charge on any atom is -0.475 e. The van der Waals surface area contributed by atoms with Gasteiger partial charge in [0.25, 0.3) is 5.91 Å². The Bertz CT molecular complexity index is 946. The first kappa shape index (κ1) is 22.4. The quantitative estimate of drug-likeness (QED) is 0.716. The number of likely N-dealkylation sites (tertiary alicyclic amines) is 1. The summed E-state index contributed by atoms with van der Waals surface area (Å²) >= 11 is 6.15. The molecule has 1 aromatic carbocycles. The molecule has 2 aliphatic rings. The summed E-state index contributed by atoms with van der Waals surface area (Å²) in [5, 5.41) is 8.53. The normalized spacial score (nSPS) is 23.6. The van der Waals surface area contributed by atoms with E-state index in [0.29, 0.717) is 28.8 Å². The van der Waals surface area contributed by atoms with Gasteiger partial charge in [-0.2, -0.15) is 13.2 Å². The number of carbonyl (C=O) groups is 2. The van der Waals surface area contributed by atoms with Crippen molar-refractivity contribution in [1.82, 2.24) is 4.90 Å². The molecule has 2 fully saturated rings. The molecule has 164 valence electrons. The summed E-state index contributed by atoms with van der Waals surface area (Å²) in [5.74, 6) is -1.85. The van der Waals surface area contributed by atoms with Gasteiger partial charge < -0.3 is 20.2 Å². The van der Waals surface area contributed by atoms with E-state index in [1.54, 1.807) is 12.1 Å². The van der Waals surface area contributed by atoms with E-state index in [1.165, 1.54) is 12.8 Å². The van der Waals surface area contributed by atoms with Gasteiger partial charge in [-0.3, -0.25) is 4.79 Å². The van der Waals surface area contributed by atoms with Gasteiger partial charge in [0.15, 0.2) is 11.3 Å². The largest absolute Gasteiger partial charge is 0.490 e. The van der Waals surface area contributed by atoms with E-state index in [2.05, 4.69) is 0 Å². The highest BCUT2D eigenvalue weighted by Crippen LogP contribution is 2.43. The van der Waals surface area contributed by atoms with Crippen LogP contribution in [0.25, 0.3) is 11.0 Å². The smallest absolute Gasteiger partial charge is 0.475 e. The first-order valence-corrected chi connectivity index (χ1v) is 9.90. The number of piperidine rings is 1. The highest BCUT2D eigenvalue weighted by atomic mass is 35.5. The molecule has 2 atom stereocenters. The van der Waals surface area contributed by atoms with Crippen LogP contribution in [0.3, 0.4) is 0 Å². The van der Waals surface area contributed by atoms with Gasteiger partial charge in [-0.1, -0.05) is 30.2 Å². The number of hydrogen-bond donors (Lipinski definition) is 2.